The number of hydrogen-bond donors (Lipinski definition) is 1. The Balaban J connectivity index is 3.11. The lowest BCUT2D eigenvalue weighted by Gasteiger charge is -2.15. The lowest BCUT2D eigenvalue weighted by Crippen LogP contribution is -2.17. The van der Waals surface area contributed by atoms with Gasteiger partial charge in [0.05, 0.1) is 5.60 Å². The minimum Gasteiger partial charge on any atom is -0.390 e. The Hall–Kier alpha value is -0.0400. The zero-order chi connectivity index (χ0) is 6.62. The standard InChI is InChI=1S/C7H16O/c1-4-5-6-7(2,3)8/h8H,4-6H2,1-3H3. The van der Waals surface area contributed by atoms with Gasteiger partial charge < -0.3 is 5.11 Å². The summed E-state index contributed by atoms with van der Waals surface area (Å²) >= 11 is 0. The molecule has 0 aromatic carbocycles. The summed E-state index contributed by atoms with van der Waals surface area (Å²) in [6.45, 7) is 5.83. The largest absolute Gasteiger partial charge is 0.390 e. The fourth-order valence-corrected chi connectivity index (χ4v) is 0.609. The molecule has 1 N–H and O–H groups in total. The van der Waals surface area contributed by atoms with Gasteiger partial charge in [-0.3, -0.25) is 0 Å². The SMILES string of the molecule is CCCCC(C)(C)O. The van der Waals surface area contributed by atoms with Crippen LogP contribution in [0, 0.1) is 0 Å². The normalized spacial score (nSPS) is 12.0. The second-order valence-corrected chi connectivity index (χ2v) is 2.92. The number of rotatable bonds is 3. The Morgan fingerprint density at radius 1 is 1.38 bits per heavy atom. The summed E-state index contributed by atoms with van der Waals surface area (Å²) in [4.78, 5) is 0. The molecule has 0 aliphatic heterocycles. The topological polar surface area (TPSA) is 20.2 Å². The van der Waals surface area contributed by atoms with Crippen molar-refractivity contribution in [2.75, 3.05) is 0 Å². The van der Waals surface area contributed by atoms with E-state index in [2.05, 4.69) is 6.92 Å². The molecule has 0 spiro atoms. The first-order valence-corrected chi connectivity index (χ1v) is 3.28. The molecule has 0 radical (unpaired) electrons. The summed E-state index contributed by atoms with van der Waals surface area (Å²) in [6, 6.07) is 0. The van der Waals surface area contributed by atoms with E-state index in [1.54, 1.807) is 0 Å². The molecule has 0 atom stereocenters. The van der Waals surface area contributed by atoms with Crippen LogP contribution in [0.5, 0.6) is 0 Å². The van der Waals surface area contributed by atoms with E-state index in [0.717, 1.165) is 12.8 Å². The molecule has 0 saturated heterocycles. The van der Waals surface area contributed by atoms with Gasteiger partial charge in [-0.2, -0.15) is 0 Å². The van der Waals surface area contributed by atoms with E-state index in [-0.39, 0.29) is 0 Å². The van der Waals surface area contributed by atoms with Crippen LogP contribution in [0.3, 0.4) is 0 Å². The Kier molecular flexibility index (Phi) is 3.06. The quantitative estimate of drug-likeness (QED) is 0.597. The van der Waals surface area contributed by atoms with Gasteiger partial charge in [0.2, 0.25) is 0 Å². The Labute approximate surface area is 51.7 Å². The molecule has 0 unspecified atom stereocenters. The summed E-state index contributed by atoms with van der Waals surface area (Å²) in [5.74, 6) is 0. The predicted molar refractivity (Wildman–Crippen MR) is 35.8 cm³/mol. The van der Waals surface area contributed by atoms with Crippen LogP contribution in [0.25, 0.3) is 0 Å². The Morgan fingerprint density at radius 2 is 1.88 bits per heavy atom. The van der Waals surface area contributed by atoms with Crippen molar-refractivity contribution >= 4 is 0 Å². The maximum Gasteiger partial charge on any atom is 0.0591 e. The molecule has 0 amide bonds. The average molecular weight is 116 g/mol. The molecule has 0 saturated carbocycles. The molecule has 0 fully saturated rings. The molecule has 50 valence electrons. The first kappa shape index (κ1) is 7.96. The van der Waals surface area contributed by atoms with Gasteiger partial charge in [0.1, 0.15) is 0 Å². The van der Waals surface area contributed by atoms with E-state index in [0.29, 0.717) is 0 Å². The van der Waals surface area contributed by atoms with Crippen molar-refractivity contribution in [3.63, 3.8) is 0 Å². The second-order valence-electron chi connectivity index (χ2n) is 2.92. The monoisotopic (exact) mass is 116 g/mol. The van der Waals surface area contributed by atoms with E-state index in [4.69, 9.17) is 5.11 Å². The van der Waals surface area contributed by atoms with E-state index in [1.807, 2.05) is 13.8 Å². The molecule has 0 aromatic rings. The van der Waals surface area contributed by atoms with Gasteiger partial charge in [0, 0.05) is 0 Å². The summed E-state index contributed by atoms with van der Waals surface area (Å²) in [5, 5.41) is 9.15. The lowest BCUT2D eigenvalue weighted by atomic mass is 10.0. The van der Waals surface area contributed by atoms with Crippen LogP contribution in [0.4, 0.5) is 0 Å². The van der Waals surface area contributed by atoms with Gasteiger partial charge in [0.15, 0.2) is 0 Å². The van der Waals surface area contributed by atoms with Crippen molar-refractivity contribution in [1.29, 1.82) is 0 Å². The maximum atomic E-state index is 9.15. The Bertz CT molecular complexity index is 51.9. The molecular weight excluding hydrogens is 100 g/mol. The highest BCUT2D eigenvalue weighted by Crippen LogP contribution is 2.10. The van der Waals surface area contributed by atoms with Gasteiger partial charge in [-0.15, -0.1) is 0 Å². The van der Waals surface area contributed by atoms with Crippen molar-refractivity contribution < 1.29 is 5.11 Å². The summed E-state index contributed by atoms with van der Waals surface area (Å²) in [5.41, 5.74) is -0.448. The fourth-order valence-electron chi connectivity index (χ4n) is 0.609. The van der Waals surface area contributed by atoms with Crippen molar-refractivity contribution in [2.45, 2.75) is 45.6 Å². The number of aliphatic hydroxyl groups is 1. The van der Waals surface area contributed by atoms with E-state index < -0.39 is 5.60 Å². The third kappa shape index (κ3) is 5.96. The smallest absolute Gasteiger partial charge is 0.0591 e. The fraction of sp³-hybridized carbons (Fsp3) is 1.00. The number of unbranched alkanes of at least 4 members (excludes halogenated alkanes) is 1. The van der Waals surface area contributed by atoms with Gasteiger partial charge in [-0.1, -0.05) is 19.8 Å². The highest BCUT2D eigenvalue weighted by atomic mass is 16.3. The van der Waals surface area contributed by atoms with Crippen LogP contribution in [-0.2, 0) is 0 Å². The zero-order valence-corrected chi connectivity index (χ0v) is 6.07. The molecule has 0 aliphatic carbocycles. The molecule has 0 bridgehead atoms. The molecule has 0 heterocycles. The molecule has 8 heavy (non-hydrogen) atoms. The molecule has 0 aliphatic rings. The van der Waals surface area contributed by atoms with Crippen molar-refractivity contribution in [2.24, 2.45) is 0 Å². The van der Waals surface area contributed by atoms with E-state index in [1.165, 1.54) is 6.42 Å². The van der Waals surface area contributed by atoms with Crippen LogP contribution in [0.1, 0.15) is 40.0 Å². The highest BCUT2D eigenvalue weighted by molar-refractivity contribution is 4.63. The lowest BCUT2D eigenvalue weighted by molar-refractivity contribution is 0.0686. The summed E-state index contributed by atoms with van der Waals surface area (Å²) in [6.07, 6.45) is 3.22. The first-order valence-electron chi connectivity index (χ1n) is 3.28. The van der Waals surface area contributed by atoms with Crippen molar-refractivity contribution in [3.05, 3.63) is 0 Å². The third-order valence-electron chi connectivity index (χ3n) is 1.14. The van der Waals surface area contributed by atoms with Crippen molar-refractivity contribution in [1.82, 2.24) is 0 Å². The van der Waals surface area contributed by atoms with E-state index in [9.17, 15) is 0 Å². The second kappa shape index (κ2) is 3.08. The molecule has 1 heteroatoms. The van der Waals surface area contributed by atoms with Gasteiger partial charge in [-0.25, -0.2) is 0 Å². The third-order valence-corrected chi connectivity index (χ3v) is 1.14. The van der Waals surface area contributed by atoms with Gasteiger partial charge >= 0.3 is 0 Å². The molecule has 0 rings (SSSR count). The van der Waals surface area contributed by atoms with Crippen LogP contribution >= 0.6 is 0 Å². The average Bonchev–Trinajstić information content (AvgIpc) is 1.59. The minimum absolute atomic E-state index is 0.448. The van der Waals surface area contributed by atoms with E-state index >= 15 is 0 Å². The van der Waals surface area contributed by atoms with Gasteiger partial charge in [0.25, 0.3) is 0 Å². The summed E-state index contributed by atoms with van der Waals surface area (Å²) < 4.78 is 0. The Morgan fingerprint density at radius 3 is 2.00 bits per heavy atom. The van der Waals surface area contributed by atoms with Crippen LogP contribution < -0.4 is 0 Å². The molecule has 0 aromatic heterocycles. The van der Waals surface area contributed by atoms with Gasteiger partial charge in [-0.05, 0) is 20.3 Å². The molecule has 1 nitrogen and oxygen atoms in total. The number of hydrogen-bond acceptors (Lipinski definition) is 1. The predicted octanol–water partition coefficient (Wildman–Crippen LogP) is 1.95. The summed E-state index contributed by atoms with van der Waals surface area (Å²) in [7, 11) is 0. The van der Waals surface area contributed by atoms with Crippen LogP contribution in [0.2, 0.25) is 0 Å². The first-order chi connectivity index (χ1) is 3.56. The zero-order valence-electron chi connectivity index (χ0n) is 6.07. The van der Waals surface area contributed by atoms with Crippen LogP contribution in [-0.4, -0.2) is 10.7 Å². The highest BCUT2D eigenvalue weighted by Gasteiger charge is 2.09. The van der Waals surface area contributed by atoms with Crippen molar-refractivity contribution in [3.8, 4) is 0 Å². The maximum absolute atomic E-state index is 9.15. The minimum atomic E-state index is -0.448. The molecular formula is C7H16O. The van der Waals surface area contributed by atoms with Crippen LogP contribution in [0.15, 0.2) is 0 Å².